The van der Waals surface area contributed by atoms with Gasteiger partial charge in [0.25, 0.3) is 5.91 Å². The van der Waals surface area contributed by atoms with E-state index in [0.29, 0.717) is 11.6 Å². The number of carbonyl (C=O) groups excluding carboxylic acids is 1. The summed E-state index contributed by atoms with van der Waals surface area (Å²) >= 11 is 0. The van der Waals surface area contributed by atoms with Crippen LogP contribution in [0.25, 0.3) is 0 Å². The normalized spacial score (nSPS) is 13.6. The summed E-state index contributed by atoms with van der Waals surface area (Å²) < 4.78 is 0. The van der Waals surface area contributed by atoms with Crippen LogP contribution < -0.4 is 15.5 Å². The zero-order valence-corrected chi connectivity index (χ0v) is 16.0. The average Bonchev–Trinajstić information content (AvgIpc) is 2.69. The number of aromatic nitrogens is 2. The maximum Gasteiger partial charge on any atom is 0.274 e. The zero-order valence-electron chi connectivity index (χ0n) is 16.0. The molecule has 0 spiro atoms. The lowest BCUT2D eigenvalue weighted by Crippen LogP contribution is -2.16. The smallest absolute Gasteiger partial charge is 0.274 e. The molecule has 0 unspecified atom stereocenters. The van der Waals surface area contributed by atoms with Crippen LogP contribution in [-0.2, 0) is 0 Å². The van der Waals surface area contributed by atoms with Crippen LogP contribution in [0.5, 0.6) is 0 Å². The number of carbonyl (C=O) groups is 1. The van der Waals surface area contributed by atoms with Gasteiger partial charge in [-0.1, -0.05) is 11.6 Å². The van der Waals surface area contributed by atoms with E-state index in [0.717, 1.165) is 24.3 Å². The van der Waals surface area contributed by atoms with E-state index in [4.69, 9.17) is 0 Å². The fraction of sp³-hybridized carbons (Fsp3) is 0.381. The minimum Gasteiger partial charge on any atom is -0.378 e. The molecule has 1 amide bonds. The Balaban J connectivity index is 1.55. The number of hydrogen-bond acceptors (Lipinski definition) is 5. The third-order valence-corrected chi connectivity index (χ3v) is 4.64. The summed E-state index contributed by atoms with van der Waals surface area (Å²) in [6, 6.07) is 9.31. The minimum atomic E-state index is -0.243. The van der Waals surface area contributed by atoms with E-state index < -0.39 is 0 Å². The molecule has 6 heteroatoms. The van der Waals surface area contributed by atoms with Crippen molar-refractivity contribution in [3.05, 3.63) is 53.9 Å². The van der Waals surface area contributed by atoms with Gasteiger partial charge in [-0.3, -0.25) is 4.79 Å². The lowest BCUT2D eigenvalue weighted by atomic mass is 9.97. The van der Waals surface area contributed by atoms with E-state index in [1.807, 2.05) is 43.3 Å². The van der Waals surface area contributed by atoms with Gasteiger partial charge < -0.3 is 15.5 Å². The van der Waals surface area contributed by atoms with E-state index in [9.17, 15) is 4.79 Å². The predicted octanol–water partition coefficient (Wildman–Crippen LogP) is 4.10. The highest BCUT2D eigenvalue weighted by molar-refractivity contribution is 6.03. The topological polar surface area (TPSA) is 70.2 Å². The van der Waals surface area contributed by atoms with Crippen molar-refractivity contribution in [2.45, 2.75) is 32.1 Å². The maximum absolute atomic E-state index is 12.5. The van der Waals surface area contributed by atoms with Gasteiger partial charge in [-0.25, -0.2) is 9.97 Å². The lowest BCUT2D eigenvalue weighted by Gasteiger charge is -2.13. The maximum atomic E-state index is 12.5. The van der Waals surface area contributed by atoms with Crippen LogP contribution in [0, 0.1) is 0 Å². The van der Waals surface area contributed by atoms with Gasteiger partial charge in [0.1, 0.15) is 5.69 Å². The van der Waals surface area contributed by atoms with Crippen LogP contribution in [0.2, 0.25) is 0 Å². The monoisotopic (exact) mass is 365 g/mol. The van der Waals surface area contributed by atoms with E-state index in [1.165, 1.54) is 31.3 Å². The fourth-order valence-electron chi connectivity index (χ4n) is 3.07. The number of benzene rings is 1. The van der Waals surface area contributed by atoms with Crippen LogP contribution in [0.3, 0.4) is 0 Å². The Morgan fingerprint density at radius 3 is 2.67 bits per heavy atom. The van der Waals surface area contributed by atoms with Crippen molar-refractivity contribution in [3.8, 4) is 0 Å². The molecular formula is C21H27N5O. The standard InChI is InChI=1S/C21H27N5O/c1-26(2)18-10-8-17(9-11-18)24-20(27)19-13-15-23-21(25-19)22-14-12-16-6-4-3-5-7-16/h6,8-11,13,15H,3-5,7,12,14H2,1-2H3,(H,24,27)(H,22,23,25). The van der Waals surface area contributed by atoms with Gasteiger partial charge in [0.2, 0.25) is 5.95 Å². The zero-order chi connectivity index (χ0) is 19.1. The van der Waals surface area contributed by atoms with Crippen LogP contribution in [0.1, 0.15) is 42.6 Å². The summed E-state index contributed by atoms with van der Waals surface area (Å²) in [5.74, 6) is 0.245. The van der Waals surface area contributed by atoms with E-state index in [-0.39, 0.29) is 5.91 Å². The number of anilines is 3. The summed E-state index contributed by atoms with van der Waals surface area (Å²) in [7, 11) is 3.96. The summed E-state index contributed by atoms with van der Waals surface area (Å²) in [5, 5.41) is 6.10. The molecule has 6 nitrogen and oxygen atoms in total. The van der Waals surface area contributed by atoms with Crippen LogP contribution >= 0.6 is 0 Å². The van der Waals surface area contributed by atoms with Gasteiger partial charge in [0, 0.05) is 38.2 Å². The summed E-state index contributed by atoms with van der Waals surface area (Å²) in [6.45, 7) is 0.781. The molecule has 0 atom stereocenters. The molecule has 2 N–H and O–H groups in total. The van der Waals surface area contributed by atoms with Crippen molar-refractivity contribution < 1.29 is 4.79 Å². The molecule has 0 saturated heterocycles. The van der Waals surface area contributed by atoms with Gasteiger partial charge >= 0.3 is 0 Å². The molecule has 142 valence electrons. The molecule has 2 aromatic rings. The molecule has 1 aliphatic carbocycles. The van der Waals surface area contributed by atoms with Gasteiger partial charge in [-0.05, 0) is 62.4 Å². The molecule has 1 heterocycles. The second-order valence-corrected chi connectivity index (χ2v) is 6.95. The Morgan fingerprint density at radius 1 is 1.15 bits per heavy atom. The van der Waals surface area contributed by atoms with Crippen molar-refractivity contribution in [3.63, 3.8) is 0 Å². The van der Waals surface area contributed by atoms with E-state index in [1.54, 1.807) is 12.3 Å². The van der Waals surface area contributed by atoms with E-state index in [2.05, 4.69) is 26.7 Å². The van der Waals surface area contributed by atoms with Gasteiger partial charge in [0.15, 0.2) is 0 Å². The lowest BCUT2D eigenvalue weighted by molar-refractivity contribution is 0.102. The molecule has 0 radical (unpaired) electrons. The second kappa shape index (κ2) is 9.16. The average molecular weight is 365 g/mol. The number of rotatable bonds is 7. The molecule has 3 rings (SSSR count). The van der Waals surface area contributed by atoms with Gasteiger partial charge in [-0.15, -0.1) is 0 Å². The van der Waals surface area contributed by atoms with Crippen LogP contribution in [0.15, 0.2) is 48.2 Å². The number of allylic oxidation sites excluding steroid dienone is 1. The first-order valence-electron chi connectivity index (χ1n) is 9.45. The first kappa shape index (κ1) is 18.9. The Bertz CT molecular complexity index is 798. The van der Waals surface area contributed by atoms with Crippen molar-refractivity contribution in [2.24, 2.45) is 0 Å². The molecule has 1 aliphatic rings. The Morgan fingerprint density at radius 2 is 1.96 bits per heavy atom. The van der Waals surface area contributed by atoms with E-state index >= 15 is 0 Å². The van der Waals surface area contributed by atoms with Crippen LogP contribution in [-0.4, -0.2) is 36.5 Å². The number of amides is 1. The SMILES string of the molecule is CN(C)c1ccc(NC(=O)c2ccnc(NCCC3=CCCCC3)n2)cc1. The van der Waals surface area contributed by atoms with Crippen molar-refractivity contribution in [1.82, 2.24) is 9.97 Å². The molecule has 1 aromatic heterocycles. The third-order valence-electron chi connectivity index (χ3n) is 4.64. The highest BCUT2D eigenvalue weighted by Crippen LogP contribution is 2.20. The molecule has 0 fully saturated rings. The molecular weight excluding hydrogens is 338 g/mol. The van der Waals surface area contributed by atoms with Gasteiger partial charge in [-0.2, -0.15) is 0 Å². The third kappa shape index (κ3) is 5.54. The number of nitrogens with zero attached hydrogens (tertiary/aromatic N) is 3. The quantitative estimate of drug-likeness (QED) is 0.723. The fourth-order valence-corrected chi connectivity index (χ4v) is 3.07. The molecule has 27 heavy (non-hydrogen) atoms. The van der Waals surface area contributed by atoms with Crippen molar-refractivity contribution in [2.75, 3.05) is 36.2 Å². The molecule has 0 aliphatic heterocycles. The minimum absolute atomic E-state index is 0.243. The Kier molecular flexibility index (Phi) is 6.41. The largest absolute Gasteiger partial charge is 0.378 e. The van der Waals surface area contributed by atoms with Crippen LogP contribution in [0.4, 0.5) is 17.3 Å². The first-order chi connectivity index (χ1) is 13.1. The summed E-state index contributed by atoms with van der Waals surface area (Å²) in [4.78, 5) is 23.0. The van der Waals surface area contributed by atoms with Crippen molar-refractivity contribution >= 4 is 23.2 Å². The molecule has 1 aromatic carbocycles. The second-order valence-electron chi connectivity index (χ2n) is 6.95. The number of hydrogen-bond donors (Lipinski definition) is 2. The summed E-state index contributed by atoms with van der Waals surface area (Å²) in [6.07, 6.45) is 9.92. The molecule has 0 bridgehead atoms. The highest BCUT2D eigenvalue weighted by atomic mass is 16.1. The number of nitrogens with one attached hydrogen (secondary N) is 2. The Hall–Kier alpha value is -2.89. The van der Waals surface area contributed by atoms with Gasteiger partial charge in [0.05, 0.1) is 0 Å². The first-order valence-corrected chi connectivity index (χ1v) is 9.45. The Labute approximate surface area is 160 Å². The summed E-state index contributed by atoms with van der Waals surface area (Å²) in [5.41, 5.74) is 3.67. The molecule has 0 saturated carbocycles. The highest BCUT2D eigenvalue weighted by Gasteiger charge is 2.10. The predicted molar refractivity (Wildman–Crippen MR) is 110 cm³/mol. The van der Waals surface area contributed by atoms with Crippen molar-refractivity contribution in [1.29, 1.82) is 0 Å².